The van der Waals surface area contributed by atoms with Crippen LogP contribution in [0.2, 0.25) is 0 Å². The van der Waals surface area contributed by atoms with Gasteiger partial charge in [0.2, 0.25) is 0 Å². The zero-order valence-corrected chi connectivity index (χ0v) is 14.2. The second-order valence-electron chi connectivity index (χ2n) is 6.58. The Kier molecular flexibility index (Phi) is 9.91. The van der Waals surface area contributed by atoms with E-state index in [4.69, 9.17) is 10.5 Å². The Bertz CT molecular complexity index is 258. The first-order valence-electron chi connectivity index (χ1n) is 8.32. The molecule has 0 saturated carbocycles. The van der Waals surface area contributed by atoms with Gasteiger partial charge < -0.3 is 10.5 Å². The van der Waals surface area contributed by atoms with Gasteiger partial charge in [-0.15, -0.1) is 0 Å². The average molecular weight is 285 g/mol. The van der Waals surface area contributed by atoms with Gasteiger partial charge in [-0.3, -0.25) is 4.79 Å². The second-order valence-corrected chi connectivity index (χ2v) is 6.58. The highest BCUT2D eigenvalue weighted by molar-refractivity contribution is 5.79. The number of ether oxygens (including phenoxy) is 1. The lowest BCUT2D eigenvalue weighted by Gasteiger charge is -2.27. The Morgan fingerprint density at radius 3 is 2.10 bits per heavy atom. The van der Waals surface area contributed by atoms with Crippen LogP contribution >= 0.6 is 0 Å². The van der Waals surface area contributed by atoms with Gasteiger partial charge in [0, 0.05) is 0 Å². The molecule has 0 saturated heterocycles. The average Bonchev–Trinajstić information content (AvgIpc) is 2.36. The largest absolute Gasteiger partial charge is 0.461 e. The van der Waals surface area contributed by atoms with E-state index in [1.54, 1.807) is 13.8 Å². The minimum atomic E-state index is -0.897. The lowest BCUT2D eigenvalue weighted by molar-refractivity contribution is -0.156. The predicted molar refractivity (Wildman–Crippen MR) is 85.6 cm³/mol. The minimum Gasteiger partial charge on any atom is -0.461 e. The maximum absolute atomic E-state index is 11.9. The van der Waals surface area contributed by atoms with E-state index in [0.29, 0.717) is 5.92 Å². The van der Waals surface area contributed by atoms with E-state index in [9.17, 15) is 4.79 Å². The van der Waals surface area contributed by atoms with Gasteiger partial charge in [-0.05, 0) is 39.5 Å². The summed E-state index contributed by atoms with van der Waals surface area (Å²) in [7, 11) is 0. The Balaban J connectivity index is 4.32. The van der Waals surface area contributed by atoms with E-state index < -0.39 is 5.54 Å². The van der Waals surface area contributed by atoms with Gasteiger partial charge in [0.25, 0.3) is 0 Å². The van der Waals surface area contributed by atoms with Crippen molar-refractivity contribution in [2.75, 3.05) is 0 Å². The van der Waals surface area contributed by atoms with Gasteiger partial charge in [0.1, 0.15) is 11.6 Å². The van der Waals surface area contributed by atoms with Crippen molar-refractivity contribution in [3.8, 4) is 0 Å². The molecular formula is C17H35NO2. The molecule has 0 radical (unpaired) electrons. The van der Waals surface area contributed by atoms with Crippen LogP contribution in [0.4, 0.5) is 0 Å². The Morgan fingerprint density at radius 1 is 1.05 bits per heavy atom. The predicted octanol–water partition coefficient (Wildman–Crippen LogP) is 4.43. The molecule has 20 heavy (non-hydrogen) atoms. The zero-order chi connectivity index (χ0) is 15.6. The van der Waals surface area contributed by atoms with Crippen LogP contribution in [0.15, 0.2) is 0 Å². The maximum Gasteiger partial charge on any atom is 0.325 e. The molecule has 3 nitrogen and oxygen atoms in total. The Hall–Kier alpha value is -0.570. The first-order chi connectivity index (χ1) is 9.32. The smallest absolute Gasteiger partial charge is 0.325 e. The lowest BCUT2D eigenvalue weighted by Crippen LogP contribution is -2.45. The van der Waals surface area contributed by atoms with Crippen molar-refractivity contribution in [1.82, 2.24) is 0 Å². The van der Waals surface area contributed by atoms with E-state index in [1.165, 1.54) is 38.5 Å². The van der Waals surface area contributed by atoms with Crippen molar-refractivity contribution in [3.63, 3.8) is 0 Å². The number of unbranched alkanes of at least 4 members (excludes halogenated alkanes) is 4. The number of nitrogens with two attached hydrogens (primary N) is 1. The molecule has 0 aromatic rings. The van der Waals surface area contributed by atoms with Crippen molar-refractivity contribution in [1.29, 1.82) is 0 Å². The Labute approximate surface area is 125 Å². The summed E-state index contributed by atoms with van der Waals surface area (Å²) >= 11 is 0. The molecule has 0 heterocycles. The van der Waals surface area contributed by atoms with E-state index in [1.807, 2.05) is 6.92 Å². The second kappa shape index (κ2) is 10.2. The van der Waals surface area contributed by atoms with Crippen LogP contribution in [0.5, 0.6) is 0 Å². The third-order valence-corrected chi connectivity index (χ3v) is 3.84. The molecule has 0 aliphatic rings. The molecule has 0 aromatic carbocycles. The lowest BCUT2D eigenvalue weighted by atomic mass is 9.90. The van der Waals surface area contributed by atoms with Gasteiger partial charge >= 0.3 is 5.97 Å². The summed E-state index contributed by atoms with van der Waals surface area (Å²) in [6.45, 7) is 9.84. The van der Waals surface area contributed by atoms with E-state index >= 15 is 0 Å². The standard InChI is InChI=1S/C17H35NO2/c1-6-8-10-11-13-15(12-9-7-2)14(3)20-16(19)17(4,5)18/h14-15H,6-13,18H2,1-5H3. The number of hydrogen-bond donors (Lipinski definition) is 1. The summed E-state index contributed by atoms with van der Waals surface area (Å²) in [4.78, 5) is 11.9. The van der Waals surface area contributed by atoms with Crippen molar-refractivity contribution >= 4 is 5.97 Å². The molecule has 3 heteroatoms. The van der Waals surface area contributed by atoms with Gasteiger partial charge in [-0.2, -0.15) is 0 Å². The third kappa shape index (κ3) is 8.57. The quantitative estimate of drug-likeness (QED) is 0.451. The monoisotopic (exact) mass is 285 g/mol. The van der Waals surface area contributed by atoms with E-state index in [0.717, 1.165) is 12.8 Å². The molecule has 0 fully saturated rings. The number of carbonyl (C=O) groups is 1. The fourth-order valence-corrected chi connectivity index (χ4v) is 2.33. The number of rotatable bonds is 11. The summed E-state index contributed by atoms with van der Waals surface area (Å²) in [5, 5.41) is 0. The fraction of sp³-hybridized carbons (Fsp3) is 0.941. The topological polar surface area (TPSA) is 52.3 Å². The molecule has 0 aliphatic heterocycles. The SMILES string of the molecule is CCCCCCC(CCCC)C(C)OC(=O)C(C)(C)N. The van der Waals surface area contributed by atoms with E-state index in [2.05, 4.69) is 13.8 Å². The van der Waals surface area contributed by atoms with Crippen molar-refractivity contribution < 1.29 is 9.53 Å². The molecule has 0 amide bonds. The van der Waals surface area contributed by atoms with Crippen LogP contribution in [0.25, 0.3) is 0 Å². The molecule has 2 atom stereocenters. The van der Waals surface area contributed by atoms with Crippen LogP contribution in [0.1, 0.15) is 86.0 Å². The number of carbonyl (C=O) groups excluding carboxylic acids is 1. The van der Waals surface area contributed by atoms with Crippen molar-refractivity contribution in [3.05, 3.63) is 0 Å². The fourth-order valence-electron chi connectivity index (χ4n) is 2.33. The molecule has 0 aliphatic carbocycles. The first kappa shape index (κ1) is 19.4. The highest BCUT2D eigenvalue weighted by Crippen LogP contribution is 2.23. The molecule has 0 spiro atoms. The normalized spacial score (nSPS) is 14.9. The van der Waals surface area contributed by atoms with Crippen LogP contribution in [-0.2, 0) is 9.53 Å². The highest BCUT2D eigenvalue weighted by Gasteiger charge is 2.28. The molecule has 0 aromatic heterocycles. The van der Waals surface area contributed by atoms with Crippen LogP contribution in [0.3, 0.4) is 0 Å². The number of esters is 1. The van der Waals surface area contributed by atoms with Gasteiger partial charge in [0.05, 0.1) is 0 Å². The summed E-state index contributed by atoms with van der Waals surface area (Å²) in [5.41, 5.74) is 4.90. The van der Waals surface area contributed by atoms with Crippen molar-refractivity contribution in [2.24, 2.45) is 11.7 Å². The molecule has 120 valence electrons. The summed E-state index contributed by atoms with van der Waals surface area (Å²) in [6, 6.07) is 0. The molecule has 2 N–H and O–H groups in total. The molecular weight excluding hydrogens is 250 g/mol. The minimum absolute atomic E-state index is 0.0292. The highest BCUT2D eigenvalue weighted by atomic mass is 16.5. The third-order valence-electron chi connectivity index (χ3n) is 3.84. The van der Waals surface area contributed by atoms with Gasteiger partial charge in [0.15, 0.2) is 0 Å². The first-order valence-corrected chi connectivity index (χ1v) is 8.32. The van der Waals surface area contributed by atoms with Gasteiger partial charge in [-0.1, -0.05) is 52.4 Å². The molecule has 0 rings (SSSR count). The zero-order valence-electron chi connectivity index (χ0n) is 14.2. The van der Waals surface area contributed by atoms with Gasteiger partial charge in [-0.25, -0.2) is 0 Å². The Morgan fingerprint density at radius 2 is 1.60 bits per heavy atom. The molecule has 0 bridgehead atoms. The van der Waals surface area contributed by atoms with E-state index in [-0.39, 0.29) is 12.1 Å². The molecule has 2 unspecified atom stereocenters. The number of hydrogen-bond acceptors (Lipinski definition) is 3. The van der Waals surface area contributed by atoms with Crippen LogP contribution < -0.4 is 5.73 Å². The van der Waals surface area contributed by atoms with Crippen molar-refractivity contribution in [2.45, 2.75) is 97.6 Å². The van der Waals surface area contributed by atoms with Crippen LogP contribution in [-0.4, -0.2) is 17.6 Å². The summed E-state index contributed by atoms with van der Waals surface area (Å²) in [5.74, 6) is 0.179. The summed E-state index contributed by atoms with van der Waals surface area (Å²) in [6.07, 6.45) is 9.72. The maximum atomic E-state index is 11.9. The van der Waals surface area contributed by atoms with Crippen LogP contribution in [0, 0.1) is 5.92 Å². The summed E-state index contributed by atoms with van der Waals surface area (Å²) < 4.78 is 5.57.